The van der Waals surface area contributed by atoms with Crippen molar-refractivity contribution in [2.24, 2.45) is 0 Å². The highest BCUT2D eigenvalue weighted by atomic mass is 16.6. The van der Waals surface area contributed by atoms with E-state index in [0.717, 1.165) is 0 Å². The number of carbonyl (C=O) groups excluding carboxylic acids is 3. The number of ketones is 2. The Hall–Kier alpha value is -3.13. The van der Waals surface area contributed by atoms with Gasteiger partial charge in [-0.15, -0.1) is 0 Å². The van der Waals surface area contributed by atoms with Gasteiger partial charge in [-0.3, -0.25) is 9.59 Å². The maximum atomic E-state index is 13.2. The topological polar surface area (TPSA) is 200 Å². The Morgan fingerprint density at radius 1 is 1.12 bits per heavy atom. The van der Waals surface area contributed by atoms with Crippen molar-refractivity contribution in [1.82, 2.24) is 0 Å². The van der Waals surface area contributed by atoms with Crippen molar-refractivity contribution in [3.8, 4) is 5.75 Å². The van der Waals surface area contributed by atoms with Crippen LogP contribution in [-0.2, 0) is 23.9 Å². The number of ether oxygens (including phenoxy) is 3. The number of para-hydroxylation sites is 1. The van der Waals surface area contributed by atoms with Gasteiger partial charge in [0, 0.05) is 0 Å². The third kappa shape index (κ3) is 4.53. The van der Waals surface area contributed by atoms with Gasteiger partial charge >= 0.3 is 5.97 Å². The number of aliphatic hydroxyl groups is 6. The molecule has 4 atom stereocenters. The Morgan fingerprint density at radius 3 is 2.24 bits per heavy atom. The monoisotopic (exact) mass is 468 g/mol. The highest BCUT2D eigenvalue weighted by molar-refractivity contribution is 6.09. The van der Waals surface area contributed by atoms with Crippen molar-refractivity contribution in [1.29, 1.82) is 0 Å². The van der Waals surface area contributed by atoms with Gasteiger partial charge < -0.3 is 44.8 Å². The third-order valence-corrected chi connectivity index (χ3v) is 4.78. The van der Waals surface area contributed by atoms with E-state index < -0.39 is 72.3 Å². The van der Waals surface area contributed by atoms with Crippen molar-refractivity contribution in [3.63, 3.8) is 0 Å². The van der Waals surface area contributed by atoms with E-state index in [0.29, 0.717) is 0 Å². The second-order valence-electron chi connectivity index (χ2n) is 6.89. The number of benzene rings is 1. The fourth-order valence-corrected chi connectivity index (χ4v) is 3.15. The molecule has 6 N–H and O–H groups in total. The molecule has 33 heavy (non-hydrogen) atoms. The van der Waals surface area contributed by atoms with Crippen LogP contribution in [0.25, 0.3) is 0 Å². The third-order valence-electron chi connectivity index (χ3n) is 4.78. The molecule has 0 amide bonds. The fourth-order valence-electron chi connectivity index (χ4n) is 3.15. The Balaban J connectivity index is 2.88. The van der Waals surface area contributed by atoms with Crippen LogP contribution < -0.4 is 4.74 Å². The lowest BCUT2D eigenvalue weighted by atomic mass is 9.73. The predicted octanol–water partition coefficient (Wildman–Crippen LogP) is -2.66. The van der Waals surface area contributed by atoms with Crippen LogP contribution in [0.5, 0.6) is 5.75 Å². The molecule has 1 aliphatic rings. The number of Topliss-reactive ketones (excluding diaryl/α,β-unsaturated/α-hetero) is 2. The van der Waals surface area contributed by atoms with Gasteiger partial charge in [0.1, 0.15) is 24.6 Å². The van der Waals surface area contributed by atoms with Gasteiger partial charge in [-0.2, -0.15) is 0 Å². The number of carbonyl (C=O) groups is 3. The van der Waals surface area contributed by atoms with E-state index in [1.807, 2.05) is 0 Å². The van der Waals surface area contributed by atoms with Gasteiger partial charge in [0.25, 0.3) is 5.60 Å². The number of rotatable bonds is 13. The largest absolute Gasteiger partial charge is 0.480 e. The lowest BCUT2D eigenvalue weighted by Gasteiger charge is -2.41. The molecule has 180 valence electrons. The molecular weight excluding hydrogens is 444 g/mol. The van der Waals surface area contributed by atoms with Crippen molar-refractivity contribution in [2.45, 2.75) is 23.4 Å². The van der Waals surface area contributed by atoms with Gasteiger partial charge in [-0.25, -0.2) is 4.79 Å². The minimum atomic E-state index is -3.48. The molecular formula is C21H24O12. The molecule has 0 saturated heterocycles. The van der Waals surface area contributed by atoms with Crippen molar-refractivity contribution < 1.29 is 59.2 Å². The zero-order valence-corrected chi connectivity index (χ0v) is 17.3. The molecule has 0 saturated carbocycles. The fraction of sp³-hybridized carbons (Fsp3) is 0.381. The first-order chi connectivity index (χ1) is 15.6. The highest BCUT2D eigenvalue weighted by Crippen LogP contribution is 2.45. The molecule has 0 radical (unpaired) electrons. The second-order valence-corrected chi connectivity index (χ2v) is 6.89. The molecule has 2 unspecified atom stereocenters. The summed E-state index contributed by atoms with van der Waals surface area (Å²) in [5.74, 6) is -6.63. The van der Waals surface area contributed by atoms with Crippen molar-refractivity contribution >= 4 is 17.5 Å². The van der Waals surface area contributed by atoms with E-state index in [4.69, 9.17) is 14.2 Å². The van der Waals surface area contributed by atoms with Crippen molar-refractivity contribution in [3.05, 3.63) is 54.5 Å². The zero-order valence-electron chi connectivity index (χ0n) is 17.3. The van der Waals surface area contributed by atoms with E-state index in [-0.39, 0.29) is 12.4 Å². The quantitative estimate of drug-likeness (QED) is 0.130. The Bertz CT molecular complexity index is 926. The number of hydrogen-bond donors (Lipinski definition) is 6. The van der Waals surface area contributed by atoms with Crippen LogP contribution in [0.15, 0.2) is 54.5 Å². The number of esters is 1. The summed E-state index contributed by atoms with van der Waals surface area (Å²) in [5, 5.41) is 59.6. The second kappa shape index (κ2) is 10.7. The smallest absolute Gasteiger partial charge is 0.379 e. The van der Waals surface area contributed by atoms with Crippen LogP contribution in [0.2, 0.25) is 0 Å². The predicted molar refractivity (Wildman–Crippen MR) is 107 cm³/mol. The summed E-state index contributed by atoms with van der Waals surface area (Å²) in [4.78, 5) is 38.8. The molecule has 1 aliphatic heterocycles. The molecule has 0 aromatic heterocycles. The lowest BCUT2D eigenvalue weighted by molar-refractivity contribution is -0.205. The summed E-state index contributed by atoms with van der Waals surface area (Å²) >= 11 is 0. The van der Waals surface area contributed by atoms with E-state index in [1.165, 1.54) is 30.3 Å². The molecule has 1 heterocycles. The lowest BCUT2D eigenvalue weighted by Crippen LogP contribution is -2.71. The summed E-state index contributed by atoms with van der Waals surface area (Å²) in [6.45, 7) is -1.03. The molecule has 0 aliphatic carbocycles. The Morgan fingerprint density at radius 2 is 1.73 bits per heavy atom. The van der Waals surface area contributed by atoms with Crippen LogP contribution in [0.4, 0.5) is 0 Å². The molecule has 2 rings (SSSR count). The highest BCUT2D eigenvalue weighted by Gasteiger charge is 2.72. The average Bonchev–Trinajstić information content (AvgIpc) is 3.12. The summed E-state index contributed by atoms with van der Waals surface area (Å²) in [5.41, 5.74) is -6.80. The molecule has 1 aromatic rings. The minimum absolute atomic E-state index is 0.0448. The Labute approximate surface area is 187 Å². The standard InChI is InChI=1S/C21H24O12/c1-2-8-31-15-18(32-12-6-4-3-5-7-12)21(33-19(15)29,17(28)14(26)10-23)20(30,11-24)16(27)13(25)9-22/h2-7,13-14,22-26,30H,1,8-11H2/t13?,14?,20-,21+/m1/s1. The summed E-state index contributed by atoms with van der Waals surface area (Å²) in [6, 6.07) is 7.33. The van der Waals surface area contributed by atoms with E-state index in [9.17, 15) is 45.0 Å². The van der Waals surface area contributed by atoms with Crippen LogP contribution >= 0.6 is 0 Å². The first-order valence-corrected chi connectivity index (χ1v) is 9.58. The SMILES string of the molecule is C=CCOC1=C(Oc2ccccc2)[C@@](C(=O)C(O)CO)([C@@](O)(CO)C(=O)C(O)CO)OC1=O. The van der Waals surface area contributed by atoms with Crippen LogP contribution in [0.1, 0.15) is 0 Å². The van der Waals surface area contributed by atoms with E-state index in [1.54, 1.807) is 6.07 Å². The van der Waals surface area contributed by atoms with Crippen LogP contribution in [0, 0.1) is 0 Å². The normalized spacial score (nSPS) is 21.6. The number of cyclic esters (lactones) is 1. The first kappa shape index (κ1) is 26.1. The van der Waals surface area contributed by atoms with Gasteiger partial charge in [-0.1, -0.05) is 30.9 Å². The first-order valence-electron chi connectivity index (χ1n) is 9.58. The van der Waals surface area contributed by atoms with Crippen LogP contribution in [0.3, 0.4) is 0 Å². The van der Waals surface area contributed by atoms with Gasteiger partial charge in [0.05, 0.1) is 19.8 Å². The molecule has 0 spiro atoms. The van der Waals surface area contributed by atoms with Gasteiger partial charge in [0.15, 0.2) is 0 Å². The molecule has 1 aromatic carbocycles. The van der Waals surface area contributed by atoms with Gasteiger partial charge in [0.2, 0.25) is 28.7 Å². The van der Waals surface area contributed by atoms with Gasteiger partial charge in [-0.05, 0) is 12.1 Å². The molecule has 12 nitrogen and oxygen atoms in total. The van der Waals surface area contributed by atoms with Crippen molar-refractivity contribution in [2.75, 3.05) is 26.4 Å². The van der Waals surface area contributed by atoms with Crippen LogP contribution in [-0.4, -0.2) is 98.0 Å². The zero-order chi connectivity index (χ0) is 24.8. The van der Waals surface area contributed by atoms with E-state index in [2.05, 4.69) is 6.58 Å². The van der Waals surface area contributed by atoms with E-state index >= 15 is 0 Å². The Kier molecular flexibility index (Phi) is 8.44. The summed E-state index contributed by atoms with van der Waals surface area (Å²) in [7, 11) is 0. The number of aliphatic hydroxyl groups excluding tert-OH is 5. The summed E-state index contributed by atoms with van der Waals surface area (Å²) in [6.07, 6.45) is -3.47. The number of hydrogen-bond acceptors (Lipinski definition) is 12. The minimum Gasteiger partial charge on any atom is -0.480 e. The molecule has 0 bridgehead atoms. The average molecular weight is 468 g/mol. The molecule has 0 fully saturated rings. The maximum Gasteiger partial charge on any atom is 0.379 e. The maximum absolute atomic E-state index is 13.2. The molecule has 12 heteroatoms. The summed E-state index contributed by atoms with van der Waals surface area (Å²) < 4.78 is 15.9.